The summed E-state index contributed by atoms with van der Waals surface area (Å²) >= 11 is 0. The van der Waals surface area contributed by atoms with Crippen molar-refractivity contribution in [3.8, 4) is 0 Å². The van der Waals surface area contributed by atoms with Crippen molar-refractivity contribution in [2.45, 2.75) is 166 Å². The van der Waals surface area contributed by atoms with Crippen molar-refractivity contribution in [3.63, 3.8) is 0 Å². The molecule has 4 rings (SSSR count). The fourth-order valence-electron chi connectivity index (χ4n) is 9.89. The molecule has 1 aromatic heterocycles. The van der Waals surface area contributed by atoms with Crippen LogP contribution in [0.3, 0.4) is 0 Å². The summed E-state index contributed by atoms with van der Waals surface area (Å²) in [5.74, 6) is -8.72. The molecule has 0 saturated carbocycles. The van der Waals surface area contributed by atoms with Crippen molar-refractivity contribution < 1.29 is 53.4 Å². The van der Waals surface area contributed by atoms with Gasteiger partial charge in [-0.15, -0.1) is 0 Å². The average molecular weight is 1200 g/mol. The smallest absolute Gasteiger partial charge is 0.328 e. The number of likely N-dealkylation sites (tertiary alicyclic amines) is 1. The van der Waals surface area contributed by atoms with Crippen molar-refractivity contribution in [3.05, 3.63) is 71.9 Å². The van der Waals surface area contributed by atoms with Crippen LogP contribution in [-0.4, -0.2) is 172 Å². The van der Waals surface area contributed by atoms with Gasteiger partial charge in [0.1, 0.15) is 48.3 Å². The number of para-hydroxylation sites is 1. The molecule has 2 aromatic carbocycles. The Morgan fingerprint density at radius 1 is 0.628 bits per heavy atom. The van der Waals surface area contributed by atoms with E-state index < -0.39 is 126 Å². The number of amides is 8. The number of fused-ring (bicyclic) bond motifs is 1. The third-order valence-corrected chi connectivity index (χ3v) is 15.3. The number of aromatic nitrogens is 1. The van der Waals surface area contributed by atoms with Crippen molar-refractivity contribution >= 4 is 76.0 Å². The van der Waals surface area contributed by atoms with Crippen LogP contribution in [-0.2, 0) is 56.0 Å². The molecule has 1 aliphatic rings. The molecule has 8 amide bonds. The highest BCUT2D eigenvalue weighted by Gasteiger charge is 2.42. The monoisotopic (exact) mass is 1200 g/mol. The van der Waals surface area contributed by atoms with Crippen LogP contribution in [0.4, 0.5) is 0 Å². The van der Waals surface area contributed by atoms with Crippen molar-refractivity contribution in [2.24, 2.45) is 56.2 Å². The molecule has 28 nitrogen and oxygen atoms in total. The lowest BCUT2D eigenvalue weighted by Gasteiger charge is -2.33. The molecular weight excluding hydrogens is 1110 g/mol. The number of carbonyl (C=O) groups is 9. The number of nitrogens with two attached hydrogens (primary N) is 6. The van der Waals surface area contributed by atoms with Gasteiger partial charge in [-0.25, -0.2) is 4.79 Å². The van der Waals surface area contributed by atoms with Crippen LogP contribution in [0, 0.1) is 11.8 Å². The zero-order valence-corrected chi connectivity index (χ0v) is 49.7. The third kappa shape index (κ3) is 21.9. The van der Waals surface area contributed by atoms with Crippen LogP contribution in [0.2, 0.25) is 0 Å². The molecule has 22 N–H and O–H groups in total. The molecule has 86 heavy (non-hydrogen) atoms. The number of aliphatic imine (C=N–C) groups is 2. The first kappa shape index (κ1) is 70.1. The summed E-state index contributed by atoms with van der Waals surface area (Å²) in [7, 11) is 0. The number of guanidine groups is 2. The lowest BCUT2D eigenvalue weighted by atomic mass is 9.95. The number of hydrogen-bond donors (Lipinski definition) is 16. The molecular formula is C58H91N17O11. The van der Waals surface area contributed by atoms with Crippen LogP contribution in [0.15, 0.2) is 70.8 Å². The molecule has 11 atom stereocenters. The predicted molar refractivity (Wildman–Crippen MR) is 325 cm³/mol. The molecule has 28 heteroatoms. The molecule has 0 radical (unpaired) electrons. The quantitative estimate of drug-likeness (QED) is 0.0170. The molecule has 2 heterocycles. The van der Waals surface area contributed by atoms with Gasteiger partial charge in [-0.3, -0.25) is 48.3 Å². The summed E-state index contributed by atoms with van der Waals surface area (Å²) in [6.45, 7) is 6.93. The number of nitrogens with one attached hydrogen (secondary N) is 8. The summed E-state index contributed by atoms with van der Waals surface area (Å²) in [4.78, 5) is 139. The van der Waals surface area contributed by atoms with Crippen molar-refractivity contribution in [1.82, 2.24) is 47.1 Å². The van der Waals surface area contributed by atoms with Crippen LogP contribution in [0.25, 0.3) is 10.9 Å². The first-order valence-electron chi connectivity index (χ1n) is 29.5. The van der Waals surface area contributed by atoms with E-state index in [1.807, 2.05) is 38.1 Å². The van der Waals surface area contributed by atoms with E-state index in [4.69, 9.17) is 34.4 Å². The minimum absolute atomic E-state index is 0.0497. The molecule has 474 valence electrons. The number of benzene rings is 2. The van der Waals surface area contributed by atoms with Crippen LogP contribution in [0.5, 0.6) is 0 Å². The number of carbonyl (C=O) groups excluding carboxylic acids is 8. The first-order valence-corrected chi connectivity index (χ1v) is 29.5. The van der Waals surface area contributed by atoms with Gasteiger partial charge in [0.2, 0.25) is 47.3 Å². The Morgan fingerprint density at radius 3 is 1.76 bits per heavy atom. The lowest BCUT2D eigenvalue weighted by molar-refractivity contribution is -0.144. The summed E-state index contributed by atoms with van der Waals surface area (Å²) in [6, 6.07) is 4.66. The summed E-state index contributed by atoms with van der Waals surface area (Å²) in [5, 5.41) is 39.0. The third-order valence-electron chi connectivity index (χ3n) is 15.3. The number of aromatic amines is 1. The summed E-state index contributed by atoms with van der Waals surface area (Å²) in [5.41, 5.74) is 35.9. The van der Waals surface area contributed by atoms with Gasteiger partial charge in [-0.1, -0.05) is 95.5 Å². The second-order valence-electron chi connectivity index (χ2n) is 21.8. The summed E-state index contributed by atoms with van der Waals surface area (Å²) < 4.78 is 0. The van der Waals surface area contributed by atoms with Gasteiger partial charge in [-0.2, -0.15) is 0 Å². The number of nitrogens with zero attached hydrogens (tertiary/aromatic N) is 3. The van der Waals surface area contributed by atoms with E-state index in [0.29, 0.717) is 56.2 Å². The van der Waals surface area contributed by atoms with E-state index in [1.165, 1.54) is 4.90 Å². The zero-order valence-electron chi connectivity index (χ0n) is 49.7. The number of carboxylic acids is 1. The highest BCUT2D eigenvalue weighted by atomic mass is 16.4. The van der Waals surface area contributed by atoms with Crippen molar-refractivity contribution in [1.29, 1.82) is 0 Å². The number of hydrogen-bond acceptors (Lipinski definition) is 14. The lowest BCUT2D eigenvalue weighted by Crippen LogP contribution is -2.62. The van der Waals surface area contributed by atoms with Gasteiger partial charge in [0.25, 0.3) is 0 Å². The Labute approximate surface area is 501 Å². The number of aliphatic carboxylic acids is 1. The van der Waals surface area contributed by atoms with E-state index in [0.717, 1.165) is 10.9 Å². The van der Waals surface area contributed by atoms with E-state index in [2.05, 4.69) is 52.2 Å². The first-order chi connectivity index (χ1) is 41.0. The predicted octanol–water partition coefficient (Wildman–Crippen LogP) is -1.93. The number of carboxylic acid groups (broad SMARTS) is 1. The van der Waals surface area contributed by atoms with Gasteiger partial charge >= 0.3 is 5.97 Å². The summed E-state index contributed by atoms with van der Waals surface area (Å²) in [6.07, 6.45) is 4.87. The molecule has 0 spiro atoms. The number of H-pyrrole nitrogens is 1. The van der Waals surface area contributed by atoms with Crippen LogP contribution >= 0.6 is 0 Å². The molecule has 1 fully saturated rings. The molecule has 0 unspecified atom stereocenters. The number of aliphatic hydroxyl groups is 1. The fourth-order valence-corrected chi connectivity index (χ4v) is 9.89. The SMILES string of the molecule is CC[C@H](C)[C@H](NC(=O)[C@H](CCCN=C(N)N)NC(=O)[C@@H](N)CCCCN)C(=O)N[C@@H](Cc1c[nH]c2ccccc12)C(=O)N[C@@H](Cc1ccccc1)C(=O)N[C@H](C(=O)N1CCC[C@H]1C(=O)N[C@@H](CCCN=C(N)N)C(=O)N[C@@H](CO)C(=O)O)[C@@H](C)CC. The maximum Gasteiger partial charge on any atom is 0.328 e. The number of unbranched alkanes of at least 4 members (excludes halogenated alkanes) is 1. The maximum absolute atomic E-state index is 15.1. The van der Waals surface area contributed by atoms with E-state index in [9.17, 15) is 48.6 Å². The fraction of sp³-hybridized carbons (Fsp3) is 0.569. The van der Waals surface area contributed by atoms with E-state index in [-0.39, 0.29) is 76.5 Å². The second-order valence-corrected chi connectivity index (χ2v) is 21.8. The second kappa shape index (κ2) is 35.8. The van der Waals surface area contributed by atoms with Gasteiger partial charge < -0.3 is 91.7 Å². The minimum atomic E-state index is -1.67. The Bertz CT molecular complexity index is 2790. The Kier molecular flexibility index (Phi) is 29.2. The number of aliphatic hydroxyl groups excluding tert-OH is 1. The molecule has 1 aliphatic heterocycles. The zero-order chi connectivity index (χ0) is 63.5. The standard InChI is InChI=1S/C58H91N17O11/c1-5-33(3)46(73-50(79)41(23-15-27-66-58(63)64)68-48(77)38(60)20-12-13-25-59)54(83)71-43(30-36-31-67-39-21-11-10-19-37(36)39)51(80)70-42(29-35-17-8-7-9-18-35)52(81)74-47(34(4)6-2)55(84)75-28-16-24-45(75)53(82)69-40(22-14-26-65-57(61)62)49(78)72-44(32-76)56(85)86/h7-11,17-19,21,31,33-34,38,40-47,67,76H,5-6,12-16,20,22-30,32,59-60H2,1-4H3,(H,68,77)(H,69,82)(H,70,80)(H,71,83)(H,72,78)(H,73,79)(H,74,81)(H,85,86)(H4,61,62,65)(H4,63,64,66)/t33-,34-,38-,40-,41-,42-,43-,44-,45-,46-,47-/m0/s1. The Morgan fingerprint density at radius 2 is 1.15 bits per heavy atom. The highest BCUT2D eigenvalue weighted by Crippen LogP contribution is 2.24. The van der Waals surface area contributed by atoms with Gasteiger partial charge in [0, 0.05) is 49.6 Å². The van der Waals surface area contributed by atoms with Gasteiger partial charge in [0.15, 0.2) is 11.9 Å². The molecule has 1 saturated heterocycles. The largest absolute Gasteiger partial charge is 0.480 e. The normalized spacial score (nSPS) is 16.5. The maximum atomic E-state index is 15.1. The van der Waals surface area contributed by atoms with Gasteiger partial charge in [0.05, 0.1) is 12.6 Å². The molecule has 0 aliphatic carbocycles. The van der Waals surface area contributed by atoms with Crippen molar-refractivity contribution in [2.75, 3.05) is 32.8 Å². The van der Waals surface area contributed by atoms with Gasteiger partial charge in [-0.05, 0) is 86.9 Å². The molecule has 3 aromatic rings. The van der Waals surface area contributed by atoms with E-state index >= 15 is 4.79 Å². The van der Waals surface area contributed by atoms with Crippen LogP contribution in [0.1, 0.15) is 109 Å². The Hall–Kier alpha value is -8.37. The highest BCUT2D eigenvalue weighted by molar-refractivity contribution is 5.99. The van der Waals surface area contributed by atoms with Crippen LogP contribution < -0.4 is 71.6 Å². The minimum Gasteiger partial charge on any atom is -0.480 e. The topological polar surface area (TPSA) is 478 Å². The van der Waals surface area contributed by atoms with E-state index in [1.54, 1.807) is 50.4 Å². The number of rotatable bonds is 37. The Balaban J connectivity index is 1.67. The average Bonchev–Trinajstić information content (AvgIpc) is 3.96. The molecule has 0 bridgehead atoms.